The average Bonchev–Trinajstić information content (AvgIpc) is 2.97. The summed E-state index contributed by atoms with van der Waals surface area (Å²) in [5, 5.41) is 0. The molecule has 1 fully saturated rings. The lowest BCUT2D eigenvalue weighted by molar-refractivity contribution is -0.440. The zero-order valence-electron chi connectivity index (χ0n) is 17.0. The minimum Gasteiger partial charge on any atom is -0.384 e. The molecule has 1 aliphatic rings. The fraction of sp³-hybridized carbons (Fsp3) is 1.00. The number of hydrogen-bond donors (Lipinski definition) is 0. The first kappa shape index (κ1) is 30.8. The van der Waals surface area contributed by atoms with Crippen molar-refractivity contribution in [2.75, 3.05) is 31.9 Å². The van der Waals surface area contributed by atoms with Crippen molar-refractivity contribution in [3.8, 4) is 0 Å². The maximum atomic E-state index is 14.3. The SMILES string of the molecule is COCC1(COC)C[C@@H](CI)[C@@H](CC(F)(F)C(F)(F)C(F)(F)C(F)(F)C(F)(F)C(F)(F)F)C1. The van der Waals surface area contributed by atoms with Gasteiger partial charge in [-0.1, -0.05) is 22.6 Å². The van der Waals surface area contributed by atoms with Crippen molar-refractivity contribution in [3.63, 3.8) is 0 Å². The Bertz CT molecular complexity index is 660. The number of hydrogen-bond acceptors (Lipinski definition) is 2. The van der Waals surface area contributed by atoms with Crippen LogP contribution in [0.5, 0.6) is 0 Å². The Morgan fingerprint density at radius 2 is 1.06 bits per heavy atom. The van der Waals surface area contributed by atoms with Gasteiger partial charge in [-0.25, -0.2) is 0 Å². The molecule has 0 N–H and O–H groups in total. The van der Waals surface area contributed by atoms with Crippen molar-refractivity contribution in [2.24, 2.45) is 17.3 Å². The van der Waals surface area contributed by atoms with Crippen molar-refractivity contribution in [1.82, 2.24) is 0 Å². The second-order valence-electron chi connectivity index (χ2n) is 8.15. The van der Waals surface area contributed by atoms with Gasteiger partial charge in [-0.05, 0) is 24.7 Å². The van der Waals surface area contributed by atoms with E-state index in [1.165, 1.54) is 14.2 Å². The molecule has 16 heteroatoms. The van der Waals surface area contributed by atoms with Gasteiger partial charge < -0.3 is 9.47 Å². The predicted octanol–water partition coefficient (Wildman–Crippen LogP) is 6.86. The normalized spacial score (nSPS) is 23.3. The Morgan fingerprint density at radius 3 is 1.42 bits per heavy atom. The largest absolute Gasteiger partial charge is 0.460 e. The number of alkyl halides is 14. The van der Waals surface area contributed by atoms with Crippen LogP contribution in [0.4, 0.5) is 57.1 Å². The maximum Gasteiger partial charge on any atom is 0.460 e. The van der Waals surface area contributed by atoms with Crippen LogP contribution in [-0.2, 0) is 9.47 Å². The van der Waals surface area contributed by atoms with E-state index in [0.29, 0.717) is 0 Å². The first-order chi connectivity index (χ1) is 14.6. The summed E-state index contributed by atoms with van der Waals surface area (Å²) in [7, 11) is 2.46. The van der Waals surface area contributed by atoms with Gasteiger partial charge in [-0.3, -0.25) is 0 Å². The van der Waals surface area contributed by atoms with Crippen LogP contribution in [-0.4, -0.2) is 67.6 Å². The van der Waals surface area contributed by atoms with Gasteiger partial charge in [-0.2, -0.15) is 57.1 Å². The lowest BCUT2D eigenvalue weighted by atomic mass is 9.84. The lowest BCUT2D eigenvalue weighted by Gasteiger charge is -2.40. The quantitative estimate of drug-likeness (QED) is 0.141. The third kappa shape index (κ3) is 5.16. The second-order valence-corrected chi connectivity index (χ2v) is 9.03. The van der Waals surface area contributed by atoms with Crippen LogP contribution < -0.4 is 0 Å². The highest BCUT2D eigenvalue weighted by atomic mass is 127. The van der Waals surface area contributed by atoms with Crippen molar-refractivity contribution in [3.05, 3.63) is 0 Å². The van der Waals surface area contributed by atoms with Gasteiger partial charge in [0, 0.05) is 30.5 Å². The van der Waals surface area contributed by atoms with Gasteiger partial charge in [0.25, 0.3) is 0 Å². The summed E-state index contributed by atoms with van der Waals surface area (Å²) in [5.74, 6) is -39.0. The third-order valence-corrected chi connectivity index (χ3v) is 6.80. The van der Waals surface area contributed by atoms with Crippen LogP contribution in [0.1, 0.15) is 19.3 Å². The van der Waals surface area contributed by atoms with E-state index >= 15 is 0 Å². The predicted molar refractivity (Wildman–Crippen MR) is 96.7 cm³/mol. The van der Waals surface area contributed by atoms with E-state index in [2.05, 4.69) is 0 Å². The molecule has 0 radical (unpaired) electrons. The zero-order valence-corrected chi connectivity index (χ0v) is 19.2. The molecule has 1 saturated carbocycles. The summed E-state index contributed by atoms with van der Waals surface area (Å²) < 4.78 is 183. The molecular weight excluding hydrogens is 610 g/mol. The van der Waals surface area contributed by atoms with Gasteiger partial charge in [0.15, 0.2) is 0 Å². The van der Waals surface area contributed by atoms with E-state index in [4.69, 9.17) is 9.47 Å². The maximum absolute atomic E-state index is 14.3. The topological polar surface area (TPSA) is 18.5 Å². The molecule has 0 aromatic carbocycles. The molecule has 0 aromatic rings. The monoisotopic (exact) mass is 630 g/mol. The van der Waals surface area contributed by atoms with Crippen LogP contribution in [0.25, 0.3) is 0 Å². The first-order valence-corrected chi connectivity index (χ1v) is 10.6. The summed E-state index contributed by atoms with van der Waals surface area (Å²) in [6.45, 7) is -0.225. The van der Waals surface area contributed by atoms with E-state index in [0.717, 1.165) is 0 Å². The van der Waals surface area contributed by atoms with E-state index < -0.39 is 59.5 Å². The van der Waals surface area contributed by atoms with Gasteiger partial charge in [0.05, 0.1) is 13.2 Å². The fourth-order valence-corrected chi connectivity index (χ4v) is 5.13. The van der Waals surface area contributed by atoms with Gasteiger partial charge in [0.1, 0.15) is 0 Å². The van der Waals surface area contributed by atoms with Crippen LogP contribution in [0.2, 0.25) is 0 Å². The van der Waals surface area contributed by atoms with Crippen LogP contribution in [0, 0.1) is 17.3 Å². The van der Waals surface area contributed by atoms with E-state index in [-0.39, 0.29) is 30.5 Å². The summed E-state index contributed by atoms with van der Waals surface area (Å²) in [5.41, 5.74) is -1.01. The average molecular weight is 630 g/mol. The zero-order chi connectivity index (χ0) is 26.3. The Morgan fingerprint density at radius 1 is 0.667 bits per heavy atom. The van der Waals surface area contributed by atoms with Crippen molar-refractivity contribution in [2.45, 2.75) is 55.1 Å². The molecule has 0 bridgehead atoms. The van der Waals surface area contributed by atoms with E-state index in [9.17, 15) is 57.1 Å². The molecule has 2 nitrogen and oxygen atoms in total. The Labute approximate surface area is 193 Å². The number of rotatable bonds is 11. The van der Waals surface area contributed by atoms with Gasteiger partial charge in [0.2, 0.25) is 0 Å². The molecule has 0 spiro atoms. The van der Waals surface area contributed by atoms with Crippen molar-refractivity contribution >= 4 is 22.6 Å². The summed E-state index contributed by atoms with van der Waals surface area (Å²) >= 11 is 1.69. The smallest absolute Gasteiger partial charge is 0.384 e. The van der Waals surface area contributed by atoms with Crippen molar-refractivity contribution < 1.29 is 66.5 Å². The molecule has 0 aliphatic heterocycles. The molecule has 0 aromatic heterocycles. The fourth-order valence-electron chi connectivity index (χ4n) is 4.10. The summed E-state index contributed by atoms with van der Waals surface area (Å²) in [6, 6.07) is 0. The number of ether oxygens (including phenoxy) is 2. The molecule has 0 unspecified atom stereocenters. The summed E-state index contributed by atoms with van der Waals surface area (Å²) in [4.78, 5) is 0. The van der Waals surface area contributed by atoms with E-state index in [1.54, 1.807) is 22.6 Å². The summed E-state index contributed by atoms with van der Waals surface area (Å²) in [6.07, 6.45) is -9.88. The molecule has 1 rings (SSSR count). The first-order valence-electron chi connectivity index (χ1n) is 9.10. The molecular formula is C17H20F13IO2. The van der Waals surface area contributed by atoms with E-state index in [1.807, 2.05) is 0 Å². The molecule has 1 aliphatic carbocycles. The highest BCUT2D eigenvalue weighted by Gasteiger charge is 2.90. The van der Waals surface area contributed by atoms with Crippen molar-refractivity contribution in [1.29, 1.82) is 0 Å². The molecule has 33 heavy (non-hydrogen) atoms. The highest BCUT2D eigenvalue weighted by Crippen LogP contribution is 2.62. The van der Waals surface area contributed by atoms with Crippen LogP contribution in [0.3, 0.4) is 0 Å². The Balaban J connectivity index is 3.35. The minimum absolute atomic E-state index is 0.0396. The third-order valence-electron chi connectivity index (χ3n) is 5.67. The number of halogens is 14. The van der Waals surface area contributed by atoms with Gasteiger partial charge in [-0.15, -0.1) is 0 Å². The van der Waals surface area contributed by atoms with Crippen LogP contribution in [0.15, 0.2) is 0 Å². The molecule has 0 amide bonds. The highest BCUT2D eigenvalue weighted by molar-refractivity contribution is 14.1. The van der Waals surface area contributed by atoms with Crippen LogP contribution >= 0.6 is 22.6 Å². The minimum atomic E-state index is -7.88. The molecule has 198 valence electrons. The lowest BCUT2D eigenvalue weighted by Crippen LogP contribution is -2.70. The van der Waals surface area contributed by atoms with Gasteiger partial charge >= 0.3 is 35.8 Å². The Kier molecular flexibility index (Phi) is 9.00. The molecule has 0 saturated heterocycles. The second kappa shape index (κ2) is 9.65. The standard InChI is InChI=1S/C17H20F13IO2/c1-32-7-11(8-33-2)3-9(10(4-11)6-31)5-12(18,19)13(20,21)14(22,23)15(24,25)16(26,27)17(28,29)30/h9-10H,3-8H2,1-2H3/t9-,10+/m1/s1. The molecule has 0 heterocycles. The number of methoxy groups -OCH3 is 2. The Hall–Kier alpha value is -0.260. The molecule has 2 atom stereocenters.